The third-order valence-electron chi connectivity index (χ3n) is 3.95. The molecule has 0 bridgehead atoms. The highest BCUT2D eigenvalue weighted by atomic mass is 14.9. The van der Waals surface area contributed by atoms with Crippen LogP contribution in [0.15, 0.2) is 18.5 Å². The Bertz CT molecular complexity index is 365. The molecule has 1 aliphatic rings. The highest BCUT2D eigenvalue weighted by Gasteiger charge is 2.18. The molecule has 0 amide bonds. The summed E-state index contributed by atoms with van der Waals surface area (Å²) in [5.41, 5.74) is 2.18. The Morgan fingerprint density at radius 2 is 2.11 bits per heavy atom. The lowest BCUT2D eigenvalue weighted by Gasteiger charge is -2.26. The molecule has 1 fully saturated rings. The van der Waals surface area contributed by atoms with Crippen molar-refractivity contribution < 1.29 is 0 Å². The first-order valence-electron chi connectivity index (χ1n) is 7.14. The molecule has 3 heteroatoms. The summed E-state index contributed by atoms with van der Waals surface area (Å²) >= 11 is 0. The molecular weight excluding hydrogens is 222 g/mol. The van der Waals surface area contributed by atoms with Gasteiger partial charge in [-0.05, 0) is 30.7 Å². The number of rotatable bonds is 5. The predicted octanol–water partition coefficient (Wildman–Crippen LogP) is 3.75. The van der Waals surface area contributed by atoms with Gasteiger partial charge in [-0.1, -0.05) is 26.2 Å². The fraction of sp³-hybridized carbons (Fsp3) is 0.667. The van der Waals surface area contributed by atoms with Gasteiger partial charge in [-0.25, -0.2) is 0 Å². The van der Waals surface area contributed by atoms with Crippen molar-refractivity contribution in [3.8, 4) is 0 Å². The Kier molecular flexibility index (Phi) is 4.85. The quantitative estimate of drug-likeness (QED) is 0.832. The van der Waals surface area contributed by atoms with E-state index in [4.69, 9.17) is 0 Å². The van der Waals surface area contributed by atoms with E-state index in [2.05, 4.69) is 28.6 Å². The molecule has 2 N–H and O–H groups in total. The molecular formula is C15H25N3. The van der Waals surface area contributed by atoms with Crippen molar-refractivity contribution in [2.24, 2.45) is 11.8 Å². The number of hydrogen-bond acceptors (Lipinski definition) is 3. The summed E-state index contributed by atoms with van der Waals surface area (Å²) in [5, 5.41) is 6.59. The molecule has 0 aliphatic heterocycles. The first kappa shape index (κ1) is 13.2. The van der Waals surface area contributed by atoms with Gasteiger partial charge in [0.1, 0.15) is 0 Å². The van der Waals surface area contributed by atoms with Crippen molar-refractivity contribution in [3.63, 3.8) is 0 Å². The number of pyridine rings is 1. The van der Waals surface area contributed by atoms with Gasteiger partial charge in [0, 0.05) is 13.6 Å². The van der Waals surface area contributed by atoms with Crippen LogP contribution in [-0.4, -0.2) is 18.6 Å². The first-order chi connectivity index (χ1) is 8.78. The van der Waals surface area contributed by atoms with E-state index >= 15 is 0 Å². The molecule has 1 heterocycles. The standard InChI is InChI=1S/C15H25N3/c1-12-4-3-5-13(8-12)6-7-18-15-9-14(16-2)10-17-11-15/h9-13,16,18H,3-8H2,1-2H3. The maximum atomic E-state index is 4.21. The summed E-state index contributed by atoms with van der Waals surface area (Å²) < 4.78 is 0. The second-order valence-electron chi connectivity index (χ2n) is 5.57. The minimum Gasteiger partial charge on any atom is -0.387 e. The smallest absolute Gasteiger partial charge is 0.0547 e. The average Bonchev–Trinajstić information content (AvgIpc) is 2.39. The summed E-state index contributed by atoms with van der Waals surface area (Å²) in [4.78, 5) is 4.21. The number of aromatic nitrogens is 1. The number of anilines is 2. The molecule has 2 atom stereocenters. The summed E-state index contributed by atoms with van der Waals surface area (Å²) in [6, 6.07) is 2.11. The van der Waals surface area contributed by atoms with Crippen LogP contribution < -0.4 is 10.6 Å². The van der Waals surface area contributed by atoms with Gasteiger partial charge in [-0.3, -0.25) is 4.98 Å². The molecule has 1 aliphatic carbocycles. The Labute approximate surface area is 110 Å². The third kappa shape index (κ3) is 3.90. The monoisotopic (exact) mass is 247 g/mol. The highest BCUT2D eigenvalue weighted by molar-refractivity contribution is 5.53. The zero-order valence-corrected chi connectivity index (χ0v) is 11.6. The van der Waals surface area contributed by atoms with Crippen LogP contribution in [0.1, 0.15) is 39.0 Å². The molecule has 2 unspecified atom stereocenters. The van der Waals surface area contributed by atoms with Crippen LogP contribution in [0.2, 0.25) is 0 Å². The van der Waals surface area contributed by atoms with Gasteiger partial charge in [0.15, 0.2) is 0 Å². The van der Waals surface area contributed by atoms with Gasteiger partial charge in [0.2, 0.25) is 0 Å². The number of hydrogen-bond donors (Lipinski definition) is 2. The van der Waals surface area contributed by atoms with Crippen molar-refractivity contribution in [2.45, 2.75) is 39.0 Å². The van der Waals surface area contributed by atoms with E-state index in [0.29, 0.717) is 0 Å². The Morgan fingerprint density at radius 1 is 1.28 bits per heavy atom. The fourth-order valence-corrected chi connectivity index (χ4v) is 2.92. The van der Waals surface area contributed by atoms with E-state index in [1.807, 2.05) is 19.4 Å². The summed E-state index contributed by atoms with van der Waals surface area (Å²) in [6.07, 6.45) is 10.7. The topological polar surface area (TPSA) is 37.0 Å². The minimum absolute atomic E-state index is 0.918. The fourth-order valence-electron chi connectivity index (χ4n) is 2.92. The lowest BCUT2D eigenvalue weighted by Crippen LogP contribution is -2.16. The van der Waals surface area contributed by atoms with E-state index in [0.717, 1.165) is 29.8 Å². The van der Waals surface area contributed by atoms with E-state index in [9.17, 15) is 0 Å². The highest BCUT2D eigenvalue weighted by Crippen LogP contribution is 2.30. The molecule has 0 aromatic carbocycles. The second kappa shape index (κ2) is 6.62. The van der Waals surface area contributed by atoms with Crippen LogP contribution in [-0.2, 0) is 0 Å². The molecule has 2 rings (SSSR count). The van der Waals surface area contributed by atoms with Crippen LogP contribution in [0, 0.1) is 11.8 Å². The van der Waals surface area contributed by atoms with Crippen LogP contribution in [0.25, 0.3) is 0 Å². The minimum atomic E-state index is 0.918. The van der Waals surface area contributed by atoms with Crippen molar-refractivity contribution in [2.75, 3.05) is 24.2 Å². The molecule has 3 nitrogen and oxygen atoms in total. The SMILES string of the molecule is CNc1cncc(NCCC2CCCC(C)C2)c1. The Hall–Kier alpha value is -1.25. The van der Waals surface area contributed by atoms with Crippen LogP contribution in [0.4, 0.5) is 11.4 Å². The van der Waals surface area contributed by atoms with Gasteiger partial charge in [0.25, 0.3) is 0 Å². The van der Waals surface area contributed by atoms with Gasteiger partial charge < -0.3 is 10.6 Å². The van der Waals surface area contributed by atoms with Crippen LogP contribution >= 0.6 is 0 Å². The lowest BCUT2D eigenvalue weighted by molar-refractivity contribution is 0.274. The Balaban J connectivity index is 1.74. The first-order valence-corrected chi connectivity index (χ1v) is 7.14. The van der Waals surface area contributed by atoms with Gasteiger partial charge in [0.05, 0.1) is 23.8 Å². The van der Waals surface area contributed by atoms with Crippen molar-refractivity contribution in [1.29, 1.82) is 0 Å². The summed E-state index contributed by atoms with van der Waals surface area (Å²) in [5.74, 6) is 1.85. The molecule has 1 aromatic rings. The molecule has 18 heavy (non-hydrogen) atoms. The van der Waals surface area contributed by atoms with Crippen molar-refractivity contribution in [3.05, 3.63) is 18.5 Å². The third-order valence-corrected chi connectivity index (χ3v) is 3.95. The summed E-state index contributed by atoms with van der Waals surface area (Å²) in [7, 11) is 1.92. The number of nitrogens with one attached hydrogen (secondary N) is 2. The number of nitrogens with zero attached hydrogens (tertiary/aromatic N) is 1. The maximum absolute atomic E-state index is 4.21. The maximum Gasteiger partial charge on any atom is 0.0547 e. The lowest BCUT2D eigenvalue weighted by atomic mass is 9.81. The van der Waals surface area contributed by atoms with Crippen molar-refractivity contribution in [1.82, 2.24) is 4.98 Å². The van der Waals surface area contributed by atoms with Crippen LogP contribution in [0.5, 0.6) is 0 Å². The van der Waals surface area contributed by atoms with Gasteiger partial charge in [-0.15, -0.1) is 0 Å². The zero-order chi connectivity index (χ0) is 12.8. The molecule has 1 saturated carbocycles. The Morgan fingerprint density at radius 3 is 2.89 bits per heavy atom. The molecule has 100 valence electrons. The largest absolute Gasteiger partial charge is 0.387 e. The predicted molar refractivity (Wildman–Crippen MR) is 78.0 cm³/mol. The molecule has 0 saturated heterocycles. The normalized spacial score (nSPS) is 23.7. The second-order valence-corrected chi connectivity index (χ2v) is 5.57. The van der Waals surface area contributed by atoms with Gasteiger partial charge >= 0.3 is 0 Å². The van der Waals surface area contributed by atoms with Gasteiger partial charge in [-0.2, -0.15) is 0 Å². The summed E-state index contributed by atoms with van der Waals surface area (Å²) in [6.45, 7) is 3.45. The molecule has 1 aromatic heterocycles. The van der Waals surface area contributed by atoms with E-state index in [1.165, 1.54) is 32.1 Å². The average molecular weight is 247 g/mol. The van der Waals surface area contributed by atoms with E-state index in [-0.39, 0.29) is 0 Å². The molecule has 0 radical (unpaired) electrons. The van der Waals surface area contributed by atoms with Crippen LogP contribution in [0.3, 0.4) is 0 Å². The van der Waals surface area contributed by atoms with E-state index in [1.54, 1.807) is 0 Å². The molecule has 0 spiro atoms. The zero-order valence-electron chi connectivity index (χ0n) is 11.6. The van der Waals surface area contributed by atoms with E-state index < -0.39 is 0 Å². The van der Waals surface area contributed by atoms with Crippen molar-refractivity contribution >= 4 is 11.4 Å².